The minimum absolute atomic E-state index is 0.595. The number of aromatic nitrogens is 3. The van der Waals surface area contributed by atoms with E-state index in [0.29, 0.717) is 17.5 Å². The maximum atomic E-state index is 6.30. The summed E-state index contributed by atoms with van der Waals surface area (Å²) in [5, 5.41) is 6.58. The highest BCUT2D eigenvalue weighted by atomic mass is 16.3. The van der Waals surface area contributed by atoms with Crippen molar-refractivity contribution in [2.24, 2.45) is 0 Å². The summed E-state index contributed by atoms with van der Waals surface area (Å²) in [6, 6.07) is 61.1. The highest BCUT2D eigenvalue weighted by molar-refractivity contribution is 6.15. The molecular weight excluding hydrogens is 623 g/mol. The number of hydrogen-bond donors (Lipinski definition) is 0. The normalized spacial score (nSPS) is 11.5. The number of para-hydroxylation sites is 1. The van der Waals surface area contributed by atoms with Crippen LogP contribution in [0, 0.1) is 0 Å². The molecule has 51 heavy (non-hydrogen) atoms. The van der Waals surface area contributed by atoms with Crippen molar-refractivity contribution >= 4 is 43.5 Å². The molecule has 0 N–H and O–H groups in total. The topological polar surface area (TPSA) is 51.8 Å². The van der Waals surface area contributed by atoms with Crippen molar-refractivity contribution < 1.29 is 4.42 Å². The van der Waals surface area contributed by atoms with E-state index in [1.807, 2.05) is 42.5 Å². The third kappa shape index (κ3) is 5.04. The molecule has 2 heterocycles. The molecule has 0 aliphatic heterocycles. The van der Waals surface area contributed by atoms with Gasteiger partial charge in [-0.25, -0.2) is 15.0 Å². The van der Waals surface area contributed by atoms with Gasteiger partial charge in [-0.1, -0.05) is 146 Å². The Kier molecular flexibility index (Phi) is 6.78. The molecule has 0 unspecified atom stereocenters. The quantitative estimate of drug-likeness (QED) is 0.174. The fraction of sp³-hybridized carbons (Fsp3) is 0. The first-order chi connectivity index (χ1) is 25.3. The molecule has 4 nitrogen and oxygen atoms in total. The van der Waals surface area contributed by atoms with Crippen LogP contribution in [0.2, 0.25) is 0 Å². The van der Waals surface area contributed by atoms with Gasteiger partial charge in [0.1, 0.15) is 11.2 Å². The Bertz CT molecular complexity index is 2910. The van der Waals surface area contributed by atoms with Gasteiger partial charge in [-0.2, -0.15) is 0 Å². The van der Waals surface area contributed by atoms with Crippen LogP contribution in [0.15, 0.2) is 180 Å². The van der Waals surface area contributed by atoms with Crippen LogP contribution in [0.25, 0.3) is 99.9 Å². The molecule has 0 bridgehead atoms. The zero-order chi connectivity index (χ0) is 33.7. The summed E-state index contributed by atoms with van der Waals surface area (Å²) in [6.45, 7) is 0. The van der Waals surface area contributed by atoms with E-state index in [-0.39, 0.29) is 0 Å². The van der Waals surface area contributed by atoms with E-state index in [9.17, 15) is 0 Å². The largest absolute Gasteiger partial charge is 0.456 e. The lowest BCUT2D eigenvalue weighted by Gasteiger charge is -2.14. The third-order valence-electron chi connectivity index (χ3n) is 9.72. The van der Waals surface area contributed by atoms with Crippen LogP contribution in [0.3, 0.4) is 0 Å². The Balaban J connectivity index is 1.27. The molecule has 0 saturated heterocycles. The van der Waals surface area contributed by atoms with Gasteiger partial charge in [0.05, 0.1) is 0 Å². The molecular formula is C47H29N3O. The monoisotopic (exact) mass is 651 g/mol. The molecule has 10 aromatic rings. The lowest BCUT2D eigenvalue weighted by Crippen LogP contribution is -2.01. The van der Waals surface area contributed by atoms with Gasteiger partial charge in [0.25, 0.3) is 0 Å². The molecule has 0 fully saturated rings. The van der Waals surface area contributed by atoms with Gasteiger partial charge >= 0.3 is 0 Å². The molecule has 8 aromatic carbocycles. The van der Waals surface area contributed by atoms with Crippen molar-refractivity contribution in [1.29, 1.82) is 0 Å². The first-order valence-electron chi connectivity index (χ1n) is 17.1. The van der Waals surface area contributed by atoms with Crippen LogP contribution in [-0.4, -0.2) is 15.0 Å². The first-order valence-corrected chi connectivity index (χ1v) is 17.1. The van der Waals surface area contributed by atoms with Crippen LogP contribution < -0.4 is 0 Å². The van der Waals surface area contributed by atoms with E-state index in [1.165, 1.54) is 5.39 Å². The van der Waals surface area contributed by atoms with Crippen molar-refractivity contribution in [1.82, 2.24) is 15.0 Å². The van der Waals surface area contributed by atoms with Crippen molar-refractivity contribution in [3.05, 3.63) is 176 Å². The number of rotatable bonds is 5. The van der Waals surface area contributed by atoms with Gasteiger partial charge < -0.3 is 4.42 Å². The summed E-state index contributed by atoms with van der Waals surface area (Å²) in [4.78, 5) is 15.8. The summed E-state index contributed by atoms with van der Waals surface area (Å²) >= 11 is 0. The fourth-order valence-electron chi connectivity index (χ4n) is 7.27. The van der Waals surface area contributed by atoms with Gasteiger partial charge in [-0.3, -0.25) is 0 Å². The number of hydrogen-bond acceptors (Lipinski definition) is 4. The van der Waals surface area contributed by atoms with Gasteiger partial charge in [0.15, 0.2) is 17.5 Å². The Labute approximate surface area is 294 Å². The second kappa shape index (κ2) is 11.9. The first kappa shape index (κ1) is 29.0. The average molecular weight is 652 g/mol. The summed E-state index contributed by atoms with van der Waals surface area (Å²) in [7, 11) is 0. The maximum Gasteiger partial charge on any atom is 0.164 e. The van der Waals surface area contributed by atoms with E-state index in [0.717, 1.165) is 77.0 Å². The number of fused-ring (bicyclic) bond motifs is 6. The predicted octanol–water partition coefficient (Wildman–Crippen LogP) is 12.4. The highest BCUT2D eigenvalue weighted by Gasteiger charge is 2.20. The Morgan fingerprint density at radius 1 is 0.314 bits per heavy atom. The summed E-state index contributed by atoms with van der Waals surface area (Å²) in [6.07, 6.45) is 0. The lowest BCUT2D eigenvalue weighted by molar-refractivity contribution is 0.669. The molecule has 2 aromatic heterocycles. The second-order valence-electron chi connectivity index (χ2n) is 12.8. The zero-order valence-electron chi connectivity index (χ0n) is 27.5. The molecule has 0 aliphatic carbocycles. The minimum atomic E-state index is 0.595. The molecule has 0 aliphatic rings. The van der Waals surface area contributed by atoms with Gasteiger partial charge in [0, 0.05) is 27.5 Å². The van der Waals surface area contributed by atoms with Crippen molar-refractivity contribution in [3.8, 4) is 56.4 Å². The van der Waals surface area contributed by atoms with Crippen molar-refractivity contribution in [2.45, 2.75) is 0 Å². The molecule has 0 atom stereocenters. The molecule has 0 spiro atoms. The van der Waals surface area contributed by atoms with Gasteiger partial charge in [-0.05, 0) is 74.1 Å². The average Bonchev–Trinajstić information content (AvgIpc) is 3.60. The number of furan rings is 1. The van der Waals surface area contributed by atoms with Crippen LogP contribution in [-0.2, 0) is 0 Å². The second-order valence-corrected chi connectivity index (χ2v) is 12.8. The third-order valence-corrected chi connectivity index (χ3v) is 9.72. The smallest absolute Gasteiger partial charge is 0.164 e. The summed E-state index contributed by atoms with van der Waals surface area (Å²) in [5.41, 5.74) is 8.93. The Morgan fingerprint density at radius 3 is 1.71 bits per heavy atom. The van der Waals surface area contributed by atoms with E-state index in [4.69, 9.17) is 19.4 Å². The van der Waals surface area contributed by atoms with Crippen LogP contribution in [0.4, 0.5) is 0 Å². The standard InChI is InChI=1S/C47H29N3O/c1-3-13-30(14-4-1)32-18-11-19-35(27-32)45-48-46(39-22-12-24-43-44(39)38-21-9-10-23-42(38)51-43)50-47(49-45)41-29-34-17-7-8-20-36(34)37-26-25-33(28-40(37)41)31-15-5-2-6-16-31/h1-29H. The lowest BCUT2D eigenvalue weighted by atomic mass is 9.93. The summed E-state index contributed by atoms with van der Waals surface area (Å²) in [5.74, 6) is 1.82. The van der Waals surface area contributed by atoms with Crippen LogP contribution in [0.1, 0.15) is 0 Å². The molecule has 0 amide bonds. The van der Waals surface area contributed by atoms with Crippen LogP contribution >= 0.6 is 0 Å². The number of nitrogens with zero attached hydrogens (tertiary/aromatic N) is 3. The van der Waals surface area contributed by atoms with Gasteiger partial charge in [0.2, 0.25) is 0 Å². The fourth-order valence-corrected chi connectivity index (χ4v) is 7.27. The molecule has 4 heteroatoms. The minimum Gasteiger partial charge on any atom is -0.456 e. The molecule has 10 rings (SSSR count). The highest BCUT2D eigenvalue weighted by Crippen LogP contribution is 2.40. The van der Waals surface area contributed by atoms with E-state index in [1.54, 1.807) is 0 Å². The van der Waals surface area contributed by atoms with E-state index < -0.39 is 0 Å². The van der Waals surface area contributed by atoms with E-state index >= 15 is 0 Å². The Hall–Kier alpha value is -6.91. The van der Waals surface area contributed by atoms with Gasteiger partial charge in [-0.15, -0.1) is 0 Å². The Morgan fingerprint density at radius 2 is 0.902 bits per heavy atom. The maximum absolute atomic E-state index is 6.30. The molecule has 238 valence electrons. The predicted molar refractivity (Wildman–Crippen MR) is 209 cm³/mol. The SMILES string of the molecule is c1ccc(-c2cccc(-c3nc(-c4cc5ccccc5c5ccc(-c6ccccc6)cc45)nc(-c4cccc5oc6ccccc6c45)n3)c2)cc1. The van der Waals surface area contributed by atoms with Crippen LogP contribution in [0.5, 0.6) is 0 Å². The van der Waals surface area contributed by atoms with Crippen molar-refractivity contribution in [2.75, 3.05) is 0 Å². The summed E-state index contributed by atoms with van der Waals surface area (Å²) < 4.78 is 6.30. The number of benzene rings is 8. The van der Waals surface area contributed by atoms with Crippen molar-refractivity contribution in [3.63, 3.8) is 0 Å². The zero-order valence-corrected chi connectivity index (χ0v) is 27.5. The molecule has 0 saturated carbocycles. The van der Waals surface area contributed by atoms with E-state index in [2.05, 4.69) is 133 Å². The molecule has 0 radical (unpaired) electrons.